The summed E-state index contributed by atoms with van der Waals surface area (Å²) in [6, 6.07) is 12.9. The second-order valence-corrected chi connectivity index (χ2v) is 9.96. The summed E-state index contributed by atoms with van der Waals surface area (Å²) in [4.78, 5) is 4.45. The Kier molecular flexibility index (Phi) is 7.51. The molecule has 0 aliphatic carbocycles. The van der Waals surface area contributed by atoms with Crippen molar-refractivity contribution >= 4 is 10.9 Å². The van der Waals surface area contributed by atoms with Gasteiger partial charge in [-0.2, -0.15) is 13.2 Å². The molecular weight excluding hydrogens is 533 g/mol. The average Bonchev–Trinajstić information content (AvgIpc) is 2.87. The fraction of sp³-hybridized carbons (Fsp3) is 0.393. The molecule has 3 saturated heterocycles. The first kappa shape index (κ1) is 26.6. The topological polar surface area (TPSA) is 42.4 Å². The van der Waals surface area contributed by atoms with E-state index in [0.29, 0.717) is 28.6 Å². The quantitative estimate of drug-likeness (QED) is 0.371. The summed E-state index contributed by atoms with van der Waals surface area (Å²) < 4.78 is 45.3. The van der Waals surface area contributed by atoms with Gasteiger partial charge in [-0.1, -0.05) is 18.2 Å². The monoisotopic (exact) mass is 562 g/mol. The zero-order valence-electron chi connectivity index (χ0n) is 20.1. The predicted octanol–water partition coefficient (Wildman–Crippen LogP) is 2.91. The number of piperidine rings is 3. The molecule has 2 bridgehead atoms. The Morgan fingerprint density at radius 3 is 2.61 bits per heavy atom. The van der Waals surface area contributed by atoms with Gasteiger partial charge in [-0.05, 0) is 47.9 Å². The molecule has 36 heavy (non-hydrogen) atoms. The molecule has 3 fully saturated rings. The van der Waals surface area contributed by atoms with E-state index in [0.717, 1.165) is 60.1 Å². The standard InChI is InChI=1S/C28H30F3N2O2.BrH/c1-3-19-17-33(16-18-4-6-21(7-5-18)28(29,30)31)13-11-20(19)14-26(33)27(34)23-10-12-32-25-9-8-22(35-2)15-24(23)25;/h3-10,12,15,19-20,26-27,34H,1,11,13-14,16-17H2,2H3;1H/q+1;/p-1/t19-,20-,26+,27+,33+;/m0./s1. The van der Waals surface area contributed by atoms with Gasteiger partial charge in [0, 0.05) is 35.9 Å². The number of alkyl halides is 3. The van der Waals surface area contributed by atoms with Gasteiger partial charge in [0.25, 0.3) is 0 Å². The number of hydrogen-bond donors (Lipinski definition) is 1. The van der Waals surface area contributed by atoms with E-state index in [2.05, 4.69) is 11.6 Å². The van der Waals surface area contributed by atoms with Crippen molar-refractivity contribution in [1.82, 2.24) is 4.98 Å². The lowest BCUT2D eigenvalue weighted by molar-refractivity contribution is -0.984. The number of aliphatic hydroxyl groups is 1. The molecule has 8 heteroatoms. The molecule has 3 aromatic rings. The van der Waals surface area contributed by atoms with Crippen LogP contribution in [-0.4, -0.2) is 40.8 Å². The highest BCUT2D eigenvalue weighted by molar-refractivity contribution is 5.83. The smallest absolute Gasteiger partial charge is 0.416 e. The molecule has 192 valence electrons. The van der Waals surface area contributed by atoms with Gasteiger partial charge in [0.15, 0.2) is 0 Å². The van der Waals surface area contributed by atoms with Crippen molar-refractivity contribution in [2.45, 2.75) is 37.7 Å². The summed E-state index contributed by atoms with van der Waals surface area (Å²) in [5, 5.41) is 12.7. The Hall–Kier alpha value is -2.42. The van der Waals surface area contributed by atoms with Gasteiger partial charge in [-0.15, -0.1) is 6.58 Å². The zero-order valence-corrected chi connectivity index (χ0v) is 21.7. The average molecular weight is 563 g/mol. The maximum atomic E-state index is 13.1. The summed E-state index contributed by atoms with van der Waals surface area (Å²) in [5.74, 6) is 1.48. The number of hydrogen-bond acceptors (Lipinski definition) is 3. The highest BCUT2D eigenvalue weighted by Gasteiger charge is 2.54. The second-order valence-electron chi connectivity index (χ2n) is 9.96. The van der Waals surface area contributed by atoms with Crippen LogP contribution in [0.4, 0.5) is 13.2 Å². The minimum atomic E-state index is -4.36. The molecule has 6 rings (SSSR count). The molecule has 2 aromatic carbocycles. The first-order valence-electron chi connectivity index (χ1n) is 12.0. The molecule has 3 aliphatic heterocycles. The third-order valence-electron chi connectivity index (χ3n) is 8.12. The van der Waals surface area contributed by atoms with E-state index in [-0.39, 0.29) is 23.0 Å². The van der Waals surface area contributed by atoms with Gasteiger partial charge in [-0.25, -0.2) is 0 Å². The normalized spacial score (nSPS) is 26.3. The van der Waals surface area contributed by atoms with E-state index in [1.165, 1.54) is 0 Å². The number of halogens is 4. The molecule has 3 aliphatic rings. The molecule has 4 heterocycles. The molecule has 0 radical (unpaired) electrons. The van der Waals surface area contributed by atoms with Crippen molar-refractivity contribution in [2.75, 3.05) is 20.2 Å². The van der Waals surface area contributed by atoms with Crippen molar-refractivity contribution < 1.29 is 44.5 Å². The van der Waals surface area contributed by atoms with E-state index in [9.17, 15) is 18.3 Å². The number of aliphatic hydroxyl groups excluding tert-OH is 1. The van der Waals surface area contributed by atoms with Gasteiger partial charge in [0.2, 0.25) is 0 Å². The highest BCUT2D eigenvalue weighted by Crippen LogP contribution is 2.48. The van der Waals surface area contributed by atoms with Crippen LogP contribution in [0, 0.1) is 11.8 Å². The van der Waals surface area contributed by atoms with E-state index in [1.54, 1.807) is 25.4 Å². The molecule has 1 aromatic heterocycles. The molecule has 0 saturated carbocycles. The van der Waals surface area contributed by atoms with Gasteiger partial charge in [0.05, 0.1) is 31.3 Å². The number of methoxy groups -OCH3 is 1. The first-order valence-corrected chi connectivity index (χ1v) is 12.0. The maximum absolute atomic E-state index is 13.1. The van der Waals surface area contributed by atoms with Crippen LogP contribution in [-0.2, 0) is 12.7 Å². The van der Waals surface area contributed by atoms with E-state index >= 15 is 0 Å². The van der Waals surface area contributed by atoms with Gasteiger partial charge in [-0.3, -0.25) is 4.98 Å². The van der Waals surface area contributed by atoms with Crippen LogP contribution >= 0.6 is 0 Å². The fourth-order valence-corrected chi connectivity index (χ4v) is 6.28. The summed E-state index contributed by atoms with van der Waals surface area (Å²) in [6.07, 6.45) is 0.494. The number of rotatable bonds is 6. The van der Waals surface area contributed by atoms with Crippen molar-refractivity contribution in [3.8, 4) is 5.75 Å². The number of quaternary nitrogens is 1. The maximum Gasteiger partial charge on any atom is 0.416 e. The Morgan fingerprint density at radius 2 is 1.94 bits per heavy atom. The van der Waals surface area contributed by atoms with Crippen LogP contribution in [0.5, 0.6) is 5.75 Å². The highest BCUT2D eigenvalue weighted by atomic mass is 79.9. The third kappa shape index (κ3) is 4.78. The Bertz CT molecular complexity index is 1230. The summed E-state index contributed by atoms with van der Waals surface area (Å²) in [5.41, 5.74) is 1.80. The van der Waals surface area contributed by atoms with Crippen LogP contribution in [0.1, 0.15) is 35.6 Å². The van der Waals surface area contributed by atoms with Gasteiger partial charge < -0.3 is 31.3 Å². The third-order valence-corrected chi connectivity index (χ3v) is 8.12. The number of benzene rings is 2. The lowest BCUT2D eigenvalue weighted by Crippen LogP contribution is -3.00. The number of nitrogens with zero attached hydrogens (tertiary/aromatic N) is 2. The number of fused-ring (bicyclic) bond motifs is 4. The number of ether oxygens (including phenoxy) is 1. The SMILES string of the molecule is C=C[C@H]1C[N@+]2(Cc3ccc(C(F)(F)F)cc3)CC[C@H]1C[C@@H]2[C@H](O)c1ccnc2ccc(OC)cc12.[Br-]. The van der Waals surface area contributed by atoms with Crippen molar-refractivity contribution in [2.24, 2.45) is 11.8 Å². The Balaban J connectivity index is 0.00000304. The minimum absolute atomic E-state index is 0. The number of pyridine rings is 1. The van der Waals surface area contributed by atoms with E-state index < -0.39 is 17.8 Å². The lowest BCUT2D eigenvalue weighted by Gasteiger charge is -2.58. The second kappa shape index (κ2) is 10.1. The molecule has 0 unspecified atom stereocenters. The Labute approximate surface area is 219 Å². The largest absolute Gasteiger partial charge is 1.00 e. The molecule has 1 N–H and O–H groups in total. The minimum Gasteiger partial charge on any atom is -1.00 e. The molecule has 0 amide bonds. The van der Waals surface area contributed by atoms with Crippen molar-refractivity contribution in [3.05, 3.63) is 84.1 Å². The van der Waals surface area contributed by atoms with Crippen LogP contribution in [0.25, 0.3) is 10.9 Å². The van der Waals surface area contributed by atoms with E-state index in [4.69, 9.17) is 4.74 Å². The van der Waals surface area contributed by atoms with Crippen LogP contribution < -0.4 is 21.7 Å². The van der Waals surface area contributed by atoms with E-state index in [1.807, 2.05) is 30.3 Å². The zero-order chi connectivity index (χ0) is 24.8. The summed E-state index contributed by atoms with van der Waals surface area (Å²) in [7, 11) is 1.61. The molecular formula is C28H30BrF3N2O2. The Morgan fingerprint density at radius 1 is 1.19 bits per heavy atom. The first-order chi connectivity index (χ1) is 16.7. The summed E-state index contributed by atoms with van der Waals surface area (Å²) in [6.45, 7) is 6.32. The lowest BCUT2D eigenvalue weighted by atomic mass is 9.71. The fourth-order valence-electron chi connectivity index (χ4n) is 6.28. The van der Waals surface area contributed by atoms with Crippen molar-refractivity contribution in [3.63, 3.8) is 0 Å². The number of aromatic nitrogens is 1. The van der Waals surface area contributed by atoms with Crippen molar-refractivity contribution in [1.29, 1.82) is 0 Å². The molecule has 5 atom stereocenters. The predicted molar refractivity (Wildman–Crippen MR) is 129 cm³/mol. The molecule has 0 spiro atoms. The van der Waals surface area contributed by atoms with Gasteiger partial charge in [0.1, 0.15) is 24.4 Å². The molecule has 4 nitrogen and oxygen atoms in total. The van der Waals surface area contributed by atoms with Crippen LogP contribution in [0.15, 0.2) is 67.4 Å². The van der Waals surface area contributed by atoms with Crippen LogP contribution in [0.2, 0.25) is 0 Å². The summed E-state index contributed by atoms with van der Waals surface area (Å²) >= 11 is 0. The van der Waals surface area contributed by atoms with Crippen LogP contribution in [0.3, 0.4) is 0 Å². The van der Waals surface area contributed by atoms with Gasteiger partial charge >= 0.3 is 6.18 Å².